The number of carbonyl (C=O) groups is 1. The first-order valence-electron chi connectivity index (χ1n) is 6.10. The Morgan fingerprint density at radius 1 is 1.40 bits per heavy atom. The van der Waals surface area contributed by atoms with E-state index in [1.165, 1.54) is 6.20 Å². The van der Waals surface area contributed by atoms with Crippen molar-refractivity contribution in [3.05, 3.63) is 41.0 Å². The first kappa shape index (κ1) is 14.3. The highest BCUT2D eigenvalue weighted by atomic mass is 35.5. The summed E-state index contributed by atoms with van der Waals surface area (Å²) in [5.41, 5.74) is 0.783. The zero-order chi connectivity index (χ0) is 14.7. The van der Waals surface area contributed by atoms with E-state index in [-0.39, 0.29) is 11.6 Å². The number of anilines is 1. The zero-order valence-electron chi connectivity index (χ0n) is 11.1. The molecule has 0 amide bonds. The fourth-order valence-corrected chi connectivity index (χ4v) is 1.88. The number of hydrogen-bond donors (Lipinski definition) is 2. The number of carboxylic acids is 1. The van der Waals surface area contributed by atoms with Crippen molar-refractivity contribution in [2.75, 3.05) is 5.32 Å². The third-order valence-corrected chi connectivity index (χ3v) is 2.76. The van der Waals surface area contributed by atoms with E-state index in [9.17, 15) is 4.79 Å². The largest absolute Gasteiger partial charge is 0.477 e. The van der Waals surface area contributed by atoms with Gasteiger partial charge in [-0.3, -0.25) is 0 Å². The van der Waals surface area contributed by atoms with E-state index < -0.39 is 5.97 Å². The van der Waals surface area contributed by atoms with Crippen molar-refractivity contribution in [3.8, 4) is 11.4 Å². The quantitative estimate of drug-likeness (QED) is 0.904. The first-order valence-corrected chi connectivity index (χ1v) is 6.48. The third-order valence-electron chi connectivity index (χ3n) is 2.53. The minimum atomic E-state index is -1.06. The summed E-state index contributed by atoms with van der Waals surface area (Å²) in [4.78, 5) is 19.5. The van der Waals surface area contributed by atoms with E-state index in [1.54, 1.807) is 18.2 Å². The molecule has 0 fully saturated rings. The zero-order valence-corrected chi connectivity index (χ0v) is 11.8. The Morgan fingerprint density at radius 2 is 2.15 bits per heavy atom. The Morgan fingerprint density at radius 3 is 2.75 bits per heavy atom. The van der Waals surface area contributed by atoms with E-state index in [2.05, 4.69) is 15.3 Å². The minimum Gasteiger partial charge on any atom is -0.477 e. The first-order chi connectivity index (χ1) is 9.47. The molecule has 0 bridgehead atoms. The molecule has 0 aliphatic heterocycles. The van der Waals surface area contributed by atoms with Crippen LogP contribution < -0.4 is 5.32 Å². The molecule has 20 heavy (non-hydrogen) atoms. The van der Waals surface area contributed by atoms with Crippen LogP contribution in [0.15, 0.2) is 30.5 Å². The number of aromatic nitrogens is 2. The van der Waals surface area contributed by atoms with Gasteiger partial charge in [-0.05, 0) is 26.0 Å². The standard InChI is InChI=1S/C14H14ClN3O2/c1-8(2)17-13-11(14(19)20)7-16-12(18-13)9-4-3-5-10(15)6-9/h3-8H,1-2H3,(H,19,20)(H,16,17,18). The van der Waals surface area contributed by atoms with Crippen molar-refractivity contribution in [2.45, 2.75) is 19.9 Å². The van der Waals surface area contributed by atoms with Crippen LogP contribution in [0.5, 0.6) is 0 Å². The van der Waals surface area contributed by atoms with Crippen LogP contribution in [0.25, 0.3) is 11.4 Å². The van der Waals surface area contributed by atoms with Crippen molar-refractivity contribution < 1.29 is 9.90 Å². The van der Waals surface area contributed by atoms with E-state index in [0.29, 0.717) is 16.7 Å². The van der Waals surface area contributed by atoms with Gasteiger partial charge in [0.25, 0.3) is 0 Å². The molecule has 0 unspecified atom stereocenters. The molecule has 1 aromatic carbocycles. The van der Waals surface area contributed by atoms with Crippen LogP contribution in [0.2, 0.25) is 5.02 Å². The fourth-order valence-electron chi connectivity index (χ4n) is 1.69. The predicted molar refractivity (Wildman–Crippen MR) is 78.2 cm³/mol. The molecule has 0 saturated carbocycles. The molecule has 0 saturated heterocycles. The summed E-state index contributed by atoms with van der Waals surface area (Å²) in [6.45, 7) is 3.82. The molecule has 6 heteroatoms. The van der Waals surface area contributed by atoms with Gasteiger partial charge in [-0.15, -0.1) is 0 Å². The molecule has 104 valence electrons. The summed E-state index contributed by atoms with van der Waals surface area (Å²) in [6, 6.07) is 7.17. The van der Waals surface area contributed by atoms with Crippen molar-refractivity contribution >= 4 is 23.4 Å². The molecule has 2 N–H and O–H groups in total. The number of aromatic carboxylic acids is 1. The fraction of sp³-hybridized carbons (Fsp3) is 0.214. The summed E-state index contributed by atoms with van der Waals surface area (Å²) in [7, 11) is 0. The van der Waals surface area contributed by atoms with Crippen molar-refractivity contribution in [1.29, 1.82) is 0 Å². The third kappa shape index (κ3) is 3.24. The smallest absolute Gasteiger partial charge is 0.341 e. The van der Waals surface area contributed by atoms with Crippen LogP contribution in [0.1, 0.15) is 24.2 Å². The summed E-state index contributed by atoms with van der Waals surface area (Å²) in [5, 5.41) is 12.7. The van der Waals surface area contributed by atoms with Crippen molar-refractivity contribution in [3.63, 3.8) is 0 Å². The second kappa shape index (κ2) is 5.88. The van der Waals surface area contributed by atoms with Gasteiger partial charge in [0.05, 0.1) is 0 Å². The minimum absolute atomic E-state index is 0.0458. The highest BCUT2D eigenvalue weighted by Gasteiger charge is 2.15. The van der Waals surface area contributed by atoms with Crippen LogP contribution >= 0.6 is 11.6 Å². The molecule has 1 heterocycles. The second-order valence-corrected chi connectivity index (χ2v) is 5.01. The topological polar surface area (TPSA) is 75.1 Å². The van der Waals surface area contributed by atoms with Gasteiger partial charge in [-0.1, -0.05) is 23.7 Å². The molecule has 0 radical (unpaired) electrons. The molecule has 0 spiro atoms. The molecule has 2 rings (SSSR count). The number of rotatable bonds is 4. The van der Waals surface area contributed by atoms with Crippen molar-refractivity contribution in [1.82, 2.24) is 9.97 Å². The Hall–Kier alpha value is -2.14. The SMILES string of the molecule is CC(C)Nc1nc(-c2cccc(Cl)c2)ncc1C(=O)O. The molecule has 0 atom stereocenters. The summed E-state index contributed by atoms with van der Waals surface area (Å²) in [5.74, 6) is -0.330. The lowest BCUT2D eigenvalue weighted by Gasteiger charge is -2.12. The highest BCUT2D eigenvalue weighted by molar-refractivity contribution is 6.30. The predicted octanol–water partition coefficient (Wildman–Crippen LogP) is 3.32. The molecule has 0 aliphatic rings. The Labute approximate surface area is 121 Å². The van der Waals surface area contributed by atoms with Gasteiger partial charge in [0.2, 0.25) is 0 Å². The molecule has 5 nitrogen and oxygen atoms in total. The van der Waals surface area contributed by atoms with E-state index in [1.807, 2.05) is 19.9 Å². The number of nitrogens with one attached hydrogen (secondary N) is 1. The van der Waals surface area contributed by atoms with Crippen LogP contribution in [0.4, 0.5) is 5.82 Å². The number of hydrogen-bond acceptors (Lipinski definition) is 4. The molecular weight excluding hydrogens is 278 g/mol. The van der Waals surface area contributed by atoms with Gasteiger partial charge in [-0.2, -0.15) is 0 Å². The van der Waals surface area contributed by atoms with Gasteiger partial charge >= 0.3 is 5.97 Å². The summed E-state index contributed by atoms with van der Waals surface area (Å²) < 4.78 is 0. The maximum atomic E-state index is 11.2. The number of nitrogens with zero attached hydrogens (tertiary/aromatic N) is 2. The lowest BCUT2D eigenvalue weighted by Crippen LogP contribution is -2.16. The Bertz CT molecular complexity index is 644. The Kier molecular flexibility index (Phi) is 4.20. The molecule has 1 aromatic heterocycles. The maximum Gasteiger partial charge on any atom is 0.341 e. The van der Waals surface area contributed by atoms with E-state index in [4.69, 9.17) is 16.7 Å². The van der Waals surface area contributed by atoms with Crippen LogP contribution in [0.3, 0.4) is 0 Å². The lowest BCUT2D eigenvalue weighted by atomic mass is 10.2. The molecule has 2 aromatic rings. The molecule has 0 aliphatic carbocycles. The van der Waals surface area contributed by atoms with E-state index >= 15 is 0 Å². The normalized spacial score (nSPS) is 10.6. The van der Waals surface area contributed by atoms with Gasteiger partial charge in [0, 0.05) is 22.8 Å². The van der Waals surface area contributed by atoms with Crippen LogP contribution in [-0.4, -0.2) is 27.1 Å². The summed E-state index contributed by atoms with van der Waals surface area (Å²) >= 11 is 5.94. The summed E-state index contributed by atoms with van der Waals surface area (Å²) in [6.07, 6.45) is 1.30. The van der Waals surface area contributed by atoms with Gasteiger partial charge in [-0.25, -0.2) is 14.8 Å². The Balaban J connectivity index is 2.48. The van der Waals surface area contributed by atoms with Gasteiger partial charge in [0.15, 0.2) is 5.82 Å². The lowest BCUT2D eigenvalue weighted by molar-refractivity contribution is 0.0697. The second-order valence-electron chi connectivity index (χ2n) is 4.57. The van der Waals surface area contributed by atoms with Crippen LogP contribution in [0, 0.1) is 0 Å². The monoisotopic (exact) mass is 291 g/mol. The number of halogens is 1. The highest BCUT2D eigenvalue weighted by Crippen LogP contribution is 2.22. The maximum absolute atomic E-state index is 11.2. The van der Waals surface area contributed by atoms with Crippen molar-refractivity contribution in [2.24, 2.45) is 0 Å². The number of carboxylic acid groups (broad SMARTS) is 1. The van der Waals surface area contributed by atoms with E-state index in [0.717, 1.165) is 5.56 Å². The van der Waals surface area contributed by atoms with Gasteiger partial charge in [0.1, 0.15) is 11.4 Å². The van der Waals surface area contributed by atoms with Gasteiger partial charge < -0.3 is 10.4 Å². The molecular formula is C14H14ClN3O2. The average molecular weight is 292 g/mol. The average Bonchev–Trinajstić information content (AvgIpc) is 2.37. The number of benzene rings is 1. The van der Waals surface area contributed by atoms with Crippen LogP contribution in [-0.2, 0) is 0 Å².